The third-order valence-electron chi connectivity index (χ3n) is 3.23. The monoisotopic (exact) mass is 274 g/mol. The molecule has 1 heterocycles. The van der Waals surface area contributed by atoms with E-state index < -0.39 is 17.5 Å². The first-order valence-corrected chi connectivity index (χ1v) is 5.93. The van der Waals surface area contributed by atoms with Crippen LogP contribution in [0.3, 0.4) is 0 Å². The molecular weight excluding hydrogens is 263 g/mol. The van der Waals surface area contributed by atoms with Gasteiger partial charge in [0.25, 0.3) is 0 Å². The summed E-state index contributed by atoms with van der Waals surface area (Å²) in [5.74, 6) is -0.477. The van der Waals surface area contributed by atoms with Gasteiger partial charge in [0.05, 0.1) is 5.54 Å². The number of carbonyl (C=O) groups excluding carboxylic acids is 2. The Morgan fingerprint density at radius 1 is 0.800 bits per heavy atom. The Labute approximate surface area is 138 Å². The molecule has 1 aliphatic heterocycles. The van der Waals surface area contributed by atoms with E-state index in [2.05, 4.69) is 10.6 Å². The number of urea groups is 1. The van der Waals surface area contributed by atoms with Crippen molar-refractivity contribution in [3.63, 3.8) is 0 Å². The Hall–Kier alpha value is -1.62. The summed E-state index contributed by atoms with van der Waals surface area (Å²) in [6, 6.07) is 17.7. The van der Waals surface area contributed by atoms with Gasteiger partial charge in [-0.3, -0.25) is 9.59 Å². The van der Waals surface area contributed by atoms with Gasteiger partial charge in [0, 0.05) is 0 Å². The smallest absolute Gasteiger partial charge is 0.430 e. The topological polar surface area (TPSA) is 60.3 Å². The Bertz CT molecular complexity index is 589. The minimum Gasteiger partial charge on any atom is -0.430 e. The number of nitrogens with zero attached hydrogens (tertiary/aromatic N) is 1. The number of imide groups is 1. The average Bonchev–Trinajstić information content (AvgIpc) is 2.76. The van der Waals surface area contributed by atoms with E-state index in [0.717, 1.165) is 0 Å². The van der Waals surface area contributed by atoms with Gasteiger partial charge in [-0.2, -0.15) is 0 Å². The van der Waals surface area contributed by atoms with Crippen LogP contribution in [0.15, 0.2) is 60.7 Å². The Balaban J connectivity index is 0.00000147. The predicted octanol–water partition coefficient (Wildman–Crippen LogP) is -0.442. The number of carbonyl (C=O) groups is 2. The fraction of sp³-hybridized carbons (Fsp3) is 0.0667. The number of hydrogen-bond donors (Lipinski definition) is 1. The van der Waals surface area contributed by atoms with Crippen molar-refractivity contribution in [2.24, 2.45) is 0 Å². The van der Waals surface area contributed by atoms with E-state index in [0.29, 0.717) is 11.1 Å². The van der Waals surface area contributed by atoms with E-state index in [1.165, 1.54) is 0 Å². The minimum absolute atomic E-state index is 0. The summed E-state index contributed by atoms with van der Waals surface area (Å²) in [5, 5.41) is 6.20. The maximum absolute atomic E-state index is 12.3. The van der Waals surface area contributed by atoms with Gasteiger partial charge in [0.15, 0.2) is 11.9 Å². The van der Waals surface area contributed by atoms with Crippen molar-refractivity contribution < 1.29 is 39.1 Å². The summed E-state index contributed by atoms with van der Waals surface area (Å²) >= 11 is 0. The Morgan fingerprint density at radius 2 is 1.25 bits per heavy atom. The van der Waals surface area contributed by atoms with E-state index in [4.69, 9.17) is 0 Å². The zero-order valence-electron chi connectivity index (χ0n) is 11.0. The molecule has 1 fully saturated rings. The molecule has 0 aliphatic carbocycles. The average molecular weight is 274 g/mol. The third-order valence-corrected chi connectivity index (χ3v) is 3.23. The van der Waals surface area contributed by atoms with Crippen molar-refractivity contribution in [3.8, 4) is 0 Å². The van der Waals surface area contributed by atoms with Crippen LogP contribution in [0.4, 0.5) is 4.79 Å². The van der Waals surface area contributed by atoms with E-state index >= 15 is 0 Å². The number of amides is 3. The van der Waals surface area contributed by atoms with Gasteiger partial charge in [-0.15, -0.1) is 0 Å². The van der Waals surface area contributed by atoms with Crippen LogP contribution in [0.25, 0.3) is 5.32 Å². The van der Waals surface area contributed by atoms with E-state index in [-0.39, 0.29) is 29.6 Å². The zero-order chi connectivity index (χ0) is 13.3. The van der Waals surface area contributed by atoms with Gasteiger partial charge >= 0.3 is 29.6 Å². The molecule has 20 heavy (non-hydrogen) atoms. The molecule has 5 heteroatoms. The van der Waals surface area contributed by atoms with Crippen molar-refractivity contribution in [2.75, 3.05) is 0 Å². The van der Waals surface area contributed by atoms with Crippen molar-refractivity contribution >= 4 is 11.9 Å². The molecule has 94 valence electrons. The fourth-order valence-corrected chi connectivity index (χ4v) is 2.35. The van der Waals surface area contributed by atoms with Crippen molar-refractivity contribution in [1.82, 2.24) is 5.32 Å². The van der Waals surface area contributed by atoms with Crippen LogP contribution in [0.1, 0.15) is 11.1 Å². The molecule has 0 aromatic heterocycles. The van der Waals surface area contributed by atoms with Crippen molar-refractivity contribution in [1.29, 1.82) is 0 Å². The van der Waals surface area contributed by atoms with Gasteiger partial charge in [-0.1, -0.05) is 60.7 Å². The van der Waals surface area contributed by atoms with Crippen LogP contribution >= 0.6 is 0 Å². The largest absolute Gasteiger partial charge is 1.00 e. The molecule has 4 nitrogen and oxygen atoms in total. The standard InChI is InChI=1S/C15H12N2O2.Na/c18-13-15(17-14(19)16-13,11-7-3-1-4-8-11)12-9-5-2-6-10-12;/h1-10H,(H2,16,17,18,19);/q;+1/p-1. The number of rotatable bonds is 2. The summed E-state index contributed by atoms with van der Waals surface area (Å²) < 4.78 is 0. The van der Waals surface area contributed by atoms with Gasteiger partial charge < -0.3 is 10.6 Å². The first-order valence-electron chi connectivity index (χ1n) is 5.93. The van der Waals surface area contributed by atoms with Crippen LogP contribution in [0, 0.1) is 0 Å². The van der Waals surface area contributed by atoms with Gasteiger partial charge in [-0.05, 0) is 11.1 Å². The zero-order valence-corrected chi connectivity index (χ0v) is 13.0. The van der Waals surface area contributed by atoms with Crippen molar-refractivity contribution in [2.45, 2.75) is 5.54 Å². The van der Waals surface area contributed by atoms with Gasteiger partial charge in [-0.25, -0.2) is 0 Å². The molecule has 1 aliphatic rings. The number of nitrogens with one attached hydrogen (secondary N) is 1. The molecule has 1 N–H and O–H groups in total. The molecule has 3 amide bonds. The van der Waals surface area contributed by atoms with Crippen molar-refractivity contribution in [3.05, 3.63) is 77.1 Å². The second-order valence-corrected chi connectivity index (χ2v) is 4.33. The molecular formula is C15H11N2NaO2. The molecule has 0 unspecified atom stereocenters. The molecule has 0 radical (unpaired) electrons. The van der Waals surface area contributed by atoms with Gasteiger partial charge in [0.1, 0.15) is 0 Å². The fourth-order valence-electron chi connectivity index (χ4n) is 2.35. The second kappa shape index (κ2) is 5.79. The summed E-state index contributed by atoms with van der Waals surface area (Å²) in [7, 11) is 0. The quantitative estimate of drug-likeness (QED) is 0.596. The molecule has 0 saturated carbocycles. The summed E-state index contributed by atoms with van der Waals surface area (Å²) in [5.41, 5.74) is 0.223. The van der Waals surface area contributed by atoms with Crippen LogP contribution < -0.4 is 34.9 Å². The van der Waals surface area contributed by atoms with Crippen LogP contribution in [0.5, 0.6) is 0 Å². The molecule has 2 aromatic rings. The summed E-state index contributed by atoms with van der Waals surface area (Å²) in [6.45, 7) is 0. The molecule has 0 spiro atoms. The molecule has 2 aromatic carbocycles. The molecule has 3 rings (SSSR count). The van der Waals surface area contributed by atoms with Crippen LogP contribution in [-0.2, 0) is 10.3 Å². The molecule has 0 atom stereocenters. The maximum Gasteiger partial charge on any atom is 1.00 e. The van der Waals surface area contributed by atoms with Crippen LogP contribution in [-0.4, -0.2) is 11.9 Å². The number of benzene rings is 2. The SMILES string of the molecule is O=C1[N-]C(=O)C(c2ccccc2)(c2ccccc2)N1.[Na+]. The summed E-state index contributed by atoms with van der Waals surface area (Å²) in [4.78, 5) is 23.8. The maximum atomic E-state index is 12.3. The summed E-state index contributed by atoms with van der Waals surface area (Å²) in [6.07, 6.45) is 0. The van der Waals surface area contributed by atoms with E-state index in [1.807, 2.05) is 60.7 Å². The Morgan fingerprint density at radius 3 is 1.60 bits per heavy atom. The Kier molecular flexibility index (Phi) is 4.28. The third kappa shape index (κ3) is 2.26. The normalized spacial score (nSPS) is 16.0. The minimum atomic E-state index is -1.19. The second-order valence-electron chi connectivity index (χ2n) is 4.33. The molecule has 0 bridgehead atoms. The van der Waals surface area contributed by atoms with E-state index in [9.17, 15) is 9.59 Å². The first-order chi connectivity index (χ1) is 9.23. The van der Waals surface area contributed by atoms with Crippen LogP contribution in [0.2, 0.25) is 0 Å². The predicted molar refractivity (Wildman–Crippen MR) is 70.6 cm³/mol. The van der Waals surface area contributed by atoms with E-state index in [1.54, 1.807) is 0 Å². The number of hydrogen-bond acceptors (Lipinski definition) is 2. The first kappa shape index (κ1) is 14.8. The molecule has 1 saturated heterocycles. The van der Waals surface area contributed by atoms with Gasteiger partial charge in [0.2, 0.25) is 0 Å².